The fourth-order valence-electron chi connectivity index (χ4n) is 4.76. The van der Waals surface area contributed by atoms with Crippen LogP contribution in [-0.4, -0.2) is 54.6 Å². The van der Waals surface area contributed by atoms with Crippen LogP contribution in [0.2, 0.25) is 0 Å². The van der Waals surface area contributed by atoms with Crippen LogP contribution in [0.5, 0.6) is 0 Å². The van der Waals surface area contributed by atoms with E-state index >= 15 is 0 Å². The normalized spacial score (nSPS) is 23.5. The molecule has 0 aliphatic carbocycles. The Hall–Kier alpha value is -2.74. The summed E-state index contributed by atoms with van der Waals surface area (Å²) < 4.78 is 0. The Labute approximate surface area is 178 Å². The number of anilines is 3. The highest BCUT2D eigenvalue weighted by molar-refractivity contribution is 7.15. The summed E-state index contributed by atoms with van der Waals surface area (Å²) >= 11 is 1.40. The summed E-state index contributed by atoms with van der Waals surface area (Å²) in [5.41, 5.74) is 0.767. The molecule has 0 spiro atoms. The molecule has 0 radical (unpaired) electrons. The van der Waals surface area contributed by atoms with E-state index in [0.29, 0.717) is 41.4 Å². The number of hydrogen-bond acceptors (Lipinski definition) is 9. The van der Waals surface area contributed by atoms with Crippen molar-refractivity contribution in [3.8, 4) is 6.07 Å². The first kappa shape index (κ1) is 19.2. The SMILES string of the molecule is N#CCCN1C2CC[C@H]1C[C@H](Nc1nc(Nc3ncc(CO)s3)c3cc[nH]c3n1)C2. The second kappa shape index (κ2) is 8.18. The van der Waals surface area contributed by atoms with Gasteiger partial charge in [0.1, 0.15) is 11.5 Å². The van der Waals surface area contributed by atoms with Crippen molar-refractivity contribution in [3.63, 3.8) is 0 Å². The molecule has 3 aromatic heterocycles. The van der Waals surface area contributed by atoms with Crippen molar-refractivity contribution in [3.05, 3.63) is 23.3 Å². The van der Waals surface area contributed by atoms with Gasteiger partial charge in [-0.15, -0.1) is 0 Å². The van der Waals surface area contributed by atoms with Crippen molar-refractivity contribution in [1.82, 2.24) is 24.8 Å². The zero-order valence-corrected chi connectivity index (χ0v) is 17.3. The van der Waals surface area contributed by atoms with Crippen molar-refractivity contribution < 1.29 is 5.11 Å². The number of aromatic nitrogens is 4. The first-order valence-electron chi connectivity index (χ1n) is 10.3. The van der Waals surface area contributed by atoms with E-state index in [4.69, 9.17) is 10.2 Å². The molecular formula is C20H24N8OS. The molecule has 2 bridgehead atoms. The maximum atomic E-state index is 9.28. The minimum absolute atomic E-state index is 0.0229. The zero-order valence-electron chi connectivity index (χ0n) is 16.5. The van der Waals surface area contributed by atoms with Crippen molar-refractivity contribution in [1.29, 1.82) is 5.26 Å². The molecule has 5 rings (SSSR count). The minimum atomic E-state index is -0.0229. The van der Waals surface area contributed by atoms with E-state index in [1.165, 1.54) is 24.2 Å². The van der Waals surface area contributed by atoms with Gasteiger partial charge in [-0.25, -0.2) is 4.98 Å². The summed E-state index contributed by atoms with van der Waals surface area (Å²) in [5.74, 6) is 1.29. The highest BCUT2D eigenvalue weighted by atomic mass is 32.1. The van der Waals surface area contributed by atoms with E-state index in [9.17, 15) is 5.11 Å². The van der Waals surface area contributed by atoms with Gasteiger partial charge in [0, 0.05) is 43.5 Å². The Morgan fingerprint density at radius 2 is 2.13 bits per heavy atom. The standard InChI is InChI=1S/C20H24N8OS/c21-5-1-7-28-13-2-3-14(28)9-12(8-13)24-19-25-17-16(4-6-22-17)18(26-19)27-20-23-10-15(11-29)30-20/h4,6,10,12-14,29H,1-3,7-9,11H2,(H3,22,23,24,25,26,27)/t12-,13-,14?/m0/s1. The van der Waals surface area contributed by atoms with Gasteiger partial charge in [0.15, 0.2) is 5.13 Å². The van der Waals surface area contributed by atoms with Gasteiger partial charge < -0.3 is 20.7 Å². The Bertz CT molecular complexity index is 1060. The maximum absolute atomic E-state index is 9.28. The van der Waals surface area contributed by atoms with E-state index in [-0.39, 0.29) is 6.61 Å². The largest absolute Gasteiger partial charge is 0.391 e. The smallest absolute Gasteiger partial charge is 0.226 e. The highest BCUT2D eigenvalue weighted by Gasteiger charge is 2.40. The summed E-state index contributed by atoms with van der Waals surface area (Å²) in [6.07, 6.45) is 8.61. The number of piperidine rings is 1. The number of nitrogens with zero attached hydrogens (tertiary/aromatic N) is 5. The molecule has 0 amide bonds. The molecule has 0 aromatic carbocycles. The second-order valence-electron chi connectivity index (χ2n) is 7.89. The lowest BCUT2D eigenvalue weighted by atomic mass is 9.97. The number of fused-ring (bicyclic) bond motifs is 3. The molecule has 4 N–H and O–H groups in total. The van der Waals surface area contributed by atoms with Crippen LogP contribution in [0, 0.1) is 11.3 Å². The third-order valence-corrected chi connectivity index (χ3v) is 6.95. The van der Waals surface area contributed by atoms with Gasteiger partial charge in [-0.2, -0.15) is 15.2 Å². The van der Waals surface area contributed by atoms with Crippen molar-refractivity contribution in [2.45, 2.75) is 56.8 Å². The predicted octanol–water partition coefficient (Wildman–Crippen LogP) is 2.97. The fourth-order valence-corrected chi connectivity index (χ4v) is 5.43. The molecule has 10 heteroatoms. The van der Waals surface area contributed by atoms with Gasteiger partial charge in [0.05, 0.1) is 22.9 Å². The molecule has 2 aliphatic rings. The van der Waals surface area contributed by atoms with Gasteiger partial charge in [-0.05, 0) is 31.7 Å². The third-order valence-electron chi connectivity index (χ3n) is 6.05. The Kier molecular flexibility index (Phi) is 5.25. The molecule has 2 saturated heterocycles. The lowest BCUT2D eigenvalue weighted by Gasteiger charge is -2.38. The van der Waals surface area contributed by atoms with Crippen LogP contribution in [0.25, 0.3) is 11.0 Å². The van der Waals surface area contributed by atoms with Crippen LogP contribution < -0.4 is 10.6 Å². The number of hydrogen-bond donors (Lipinski definition) is 4. The average Bonchev–Trinajstić information content (AvgIpc) is 3.45. The molecule has 3 atom stereocenters. The van der Waals surface area contributed by atoms with Crippen LogP contribution in [0.3, 0.4) is 0 Å². The molecule has 2 aliphatic heterocycles. The Morgan fingerprint density at radius 3 is 2.87 bits per heavy atom. The van der Waals surface area contributed by atoms with Crippen LogP contribution in [0.15, 0.2) is 18.5 Å². The van der Waals surface area contributed by atoms with Crippen LogP contribution in [0.4, 0.5) is 16.9 Å². The monoisotopic (exact) mass is 424 g/mol. The summed E-state index contributed by atoms with van der Waals surface area (Å²) in [6.45, 7) is 0.853. The zero-order chi connectivity index (χ0) is 20.5. The van der Waals surface area contributed by atoms with E-state index in [2.05, 4.69) is 36.6 Å². The number of aromatic amines is 1. The number of nitriles is 1. The average molecular weight is 425 g/mol. The molecule has 3 aromatic rings. The van der Waals surface area contributed by atoms with Crippen molar-refractivity contribution >= 4 is 39.3 Å². The van der Waals surface area contributed by atoms with Gasteiger partial charge in [-0.3, -0.25) is 4.90 Å². The molecule has 9 nitrogen and oxygen atoms in total. The van der Waals surface area contributed by atoms with E-state index in [1.807, 2.05) is 12.3 Å². The number of aliphatic hydroxyl groups is 1. The van der Waals surface area contributed by atoms with E-state index in [1.54, 1.807) is 6.20 Å². The molecule has 0 saturated carbocycles. The molecule has 1 unspecified atom stereocenters. The predicted molar refractivity (Wildman–Crippen MR) is 116 cm³/mol. The summed E-state index contributed by atoms with van der Waals surface area (Å²) in [7, 11) is 0. The number of thiazole rings is 1. The van der Waals surface area contributed by atoms with Crippen molar-refractivity contribution in [2.75, 3.05) is 17.2 Å². The van der Waals surface area contributed by atoms with E-state index in [0.717, 1.165) is 35.3 Å². The molecule has 30 heavy (non-hydrogen) atoms. The quantitative estimate of drug-likeness (QED) is 0.456. The molecule has 2 fully saturated rings. The van der Waals surface area contributed by atoms with Crippen LogP contribution >= 0.6 is 11.3 Å². The van der Waals surface area contributed by atoms with Gasteiger partial charge >= 0.3 is 0 Å². The summed E-state index contributed by atoms with van der Waals surface area (Å²) in [6, 6.07) is 5.61. The number of H-pyrrole nitrogens is 1. The maximum Gasteiger partial charge on any atom is 0.226 e. The second-order valence-corrected chi connectivity index (χ2v) is 9.01. The third kappa shape index (κ3) is 3.71. The lowest BCUT2D eigenvalue weighted by molar-refractivity contribution is 0.135. The first-order chi connectivity index (χ1) is 14.7. The highest BCUT2D eigenvalue weighted by Crippen LogP contribution is 2.37. The number of rotatable bonds is 7. The minimum Gasteiger partial charge on any atom is -0.391 e. The van der Waals surface area contributed by atoms with Crippen LogP contribution in [0.1, 0.15) is 37.0 Å². The Morgan fingerprint density at radius 1 is 1.30 bits per heavy atom. The van der Waals surface area contributed by atoms with Crippen molar-refractivity contribution in [2.24, 2.45) is 0 Å². The van der Waals surface area contributed by atoms with Gasteiger partial charge in [0.25, 0.3) is 0 Å². The number of nitrogens with one attached hydrogen (secondary N) is 3. The molecular weight excluding hydrogens is 400 g/mol. The number of aliphatic hydroxyl groups excluding tert-OH is 1. The topological polar surface area (TPSA) is 126 Å². The first-order valence-corrected chi connectivity index (χ1v) is 11.1. The lowest BCUT2D eigenvalue weighted by Crippen LogP contribution is -2.47. The molecule has 5 heterocycles. The Balaban J connectivity index is 1.33. The van der Waals surface area contributed by atoms with E-state index < -0.39 is 0 Å². The fraction of sp³-hybridized carbons (Fsp3) is 0.500. The van der Waals surface area contributed by atoms with Crippen LogP contribution in [-0.2, 0) is 6.61 Å². The van der Waals surface area contributed by atoms with Gasteiger partial charge in [-0.1, -0.05) is 11.3 Å². The van der Waals surface area contributed by atoms with Gasteiger partial charge in [0.2, 0.25) is 5.95 Å². The summed E-state index contributed by atoms with van der Waals surface area (Å²) in [4.78, 5) is 20.2. The molecule has 156 valence electrons. The summed E-state index contributed by atoms with van der Waals surface area (Å²) in [5, 5.41) is 26.6.